The van der Waals surface area contributed by atoms with Crippen LogP contribution < -0.4 is 21.1 Å². The number of nitrogens with one attached hydrogen (secondary N) is 2. The molecule has 1 atom stereocenters. The van der Waals surface area contributed by atoms with Gasteiger partial charge in [-0.15, -0.1) is 0 Å². The fourth-order valence-electron chi connectivity index (χ4n) is 2.17. The second-order valence-electron chi connectivity index (χ2n) is 4.75. The summed E-state index contributed by atoms with van der Waals surface area (Å²) in [5.74, 6) is 0.427. The SMILES string of the molecule is NC(=O)CCOc1ccccc1NC1CCCNC1. The Bertz CT molecular complexity index is 417. The molecule has 1 amide bonds. The van der Waals surface area contributed by atoms with E-state index in [1.807, 2.05) is 24.3 Å². The topological polar surface area (TPSA) is 76.4 Å². The normalized spacial score (nSPS) is 18.8. The Morgan fingerprint density at radius 3 is 3.05 bits per heavy atom. The maximum absolute atomic E-state index is 10.7. The highest BCUT2D eigenvalue weighted by molar-refractivity contribution is 5.73. The predicted molar refractivity (Wildman–Crippen MR) is 75.3 cm³/mol. The van der Waals surface area contributed by atoms with Crippen LogP contribution in [0.2, 0.25) is 0 Å². The second kappa shape index (κ2) is 6.99. The van der Waals surface area contributed by atoms with E-state index in [1.165, 1.54) is 6.42 Å². The zero-order chi connectivity index (χ0) is 13.5. The average Bonchev–Trinajstić information content (AvgIpc) is 2.41. The van der Waals surface area contributed by atoms with Gasteiger partial charge in [0, 0.05) is 12.6 Å². The maximum Gasteiger partial charge on any atom is 0.220 e. The number of hydrogen-bond acceptors (Lipinski definition) is 4. The molecule has 0 aromatic heterocycles. The molecule has 1 aliphatic rings. The molecule has 0 radical (unpaired) electrons. The Hall–Kier alpha value is -1.75. The van der Waals surface area contributed by atoms with Gasteiger partial charge in [0.15, 0.2) is 0 Å². The number of primary amides is 1. The Balaban J connectivity index is 1.93. The number of rotatable bonds is 6. The van der Waals surface area contributed by atoms with Crippen molar-refractivity contribution in [1.29, 1.82) is 0 Å². The molecule has 1 heterocycles. The summed E-state index contributed by atoms with van der Waals surface area (Å²) < 4.78 is 5.61. The first-order chi connectivity index (χ1) is 9.25. The van der Waals surface area contributed by atoms with Gasteiger partial charge in [0.2, 0.25) is 5.91 Å². The highest BCUT2D eigenvalue weighted by Crippen LogP contribution is 2.25. The Kier molecular flexibility index (Phi) is 5.03. The van der Waals surface area contributed by atoms with Gasteiger partial charge in [0.25, 0.3) is 0 Å². The van der Waals surface area contributed by atoms with Gasteiger partial charge in [-0.1, -0.05) is 12.1 Å². The van der Waals surface area contributed by atoms with Crippen LogP contribution in [-0.2, 0) is 4.79 Å². The van der Waals surface area contributed by atoms with Gasteiger partial charge in [-0.2, -0.15) is 0 Å². The van der Waals surface area contributed by atoms with Crippen molar-refractivity contribution in [1.82, 2.24) is 5.32 Å². The average molecular weight is 263 g/mol. The van der Waals surface area contributed by atoms with Crippen LogP contribution in [0.25, 0.3) is 0 Å². The zero-order valence-corrected chi connectivity index (χ0v) is 11.0. The van der Waals surface area contributed by atoms with E-state index >= 15 is 0 Å². The molecule has 2 rings (SSSR count). The monoisotopic (exact) mass is 263 g/mol. The van der Waals surface area contributed by atoms with Gasteiger partial charge in [-0.25, -0.2) is 0 Å². The molecule has 0 saturated carbocycles. The number of ether oxygens (including phenoxy) is 1. The molecule has 1 aromatic rings. The summed E-state index contributed by atoms with van der Waals surface area (Å²) >= 11 is 0. The van der Waals surface area contributed by atoms with E-state index in [0.717, 1.165) is 30.9 Å². The molecule has 5 heteroatoms. The lowest BCUT2D eigenvalue weighted by atomic mass is 10.1. The molecule has 104 valence electrons. The van der Waals surface area contributed by atoms with E-state index in [-0.39, 0.29) is 12.3 Å². The number of para-hydroxylation sites is 2. The van der Waals surface area contributed by atoms with Crippen molar-refractivity contribution >= 4 is 11.6 Å². The summed E-state index contributed by atoms with van der Waals surface area (Å²) in [6, 6.07) is 8.21. The predicted octanol–water partition coefficient (Wildman–Crippen LogP) is 1.10. The first kappa shape index (κ1) is 13.7. The number of anilines is 1. The largest absolute Gasteiger partial charge is 0.491 e. The lowest BCUT2D eigenvalue weighted by Gasteiger charge is -2.25. The maximum atomic E-state index is 10.7. The molecular weight excluding hydrogens is 242 g/mol. The smallest absolute Gasteiger partial charge is 0.220 e. The van der Waals surface area contributed by atoms with Crippen LogP contribution >= 0.6 is 0 Å². The summed E-state index contributed by atoms with van der Waals surface area (Å²) in [5, 5.41) is 6.85. The number of carbonyl (C=O) groups is 1. The van der Waals surface area contributed by atoms with E-state index in [2.05, 4.69) is 10.6 Å². The lowest BCUT2D eigenvalue weighted by molar-refractivity contribution is -0.118. The highest BCUT2D eigenvalue weighted by Gasteiger charge is 2.14. The van der Waals surface area contributed by atoms with Crippen LogP contribution in [0.5, 0.6) is 5.75 Å². The fraction of sp³-hybridized carbons (Fsp3) is 0.500. The van der Waals surface area contributed by atoms with Crippen molar-refractivity contribution in [2.45, 2.75) is 25.3 Å². The van der Waals surface area contributed by atoms with Gasteiger partial charge in [0.05, 0.1) is 18.7 Å². The quantitative estimate of drug-likeness (QED) is 0.718. The summed E-state index contributed by atoms with van der Waals surface area (Å²) in [6.45, 7) is 2.38. The Morgan fingerprint density at radius 1 is 1.47 bits per heavy atom. The highest BCUT2D eigenvalue weighted by atomic mass is 16.5. The zero-order valence-electron chi connectivity index (χ0n) is 11.0. The van der Waals surface area contributed by atoms with Gasteiger partial charge in [-0.3, -0.25) is 4.79 Å². The van der Waals surface area contributed by atoms with Crippen molar-refractivity contribution in [3.8, 4) is 5.75 Å². The Labute approximate surface area is 113 Å². The molecule has 4 N–H and O–H groups in total. The molecule has 0 bridgehead atoms. The molecule has 1 saturated heterocycles. The minimum atomic E-state index is -0.345. The van der Waals surface area contributed by atoms with E-state index in [0.29, 0.717) is 12.6 Å². The summed E-state index contributed by atoms with van der Waals surface area (Å²) in [4.78, 5) is 10.7. The standard InChI is InChI=1S/C14H21N3O2/c15-14(18)7-9-19-13-6-2-1-5-12(13)17-11-4-3-8-16-10-11/h1-2,5-6,11,16-17H,3-4,7-10H2,(H2,15,18). The molecule has 19 heavy (non-hydrogen) atoms. The van der Waals surface area contributed by atoms with Crippen LogP contribution in [0.15, 0.2) is 24.3 Å². The number of piperidine rings is 1. The van der Waals surface area contributed by atoms with E-state index < -0.39 is 0 Å². The number of benzene rings is 1. The van der Waals surface area contributed by atoms with E-state index in [9.17, 15) is 4.79 Å². The van der Waals surface area contributed by atoms with Crippen molar-refractivity contribution in [3.05, 3.63) is 24.3 Å². The molecular formula is C14H21N3O2. The number of amides is 1. The summed E-state index contributed by atoms with van der Waals surface area (Å²) in [7, 11) is 0. The molecule has 0 spiro atoms. The summed E-state index contributed by atoms with van der Waals surface area (Å²) in [5.41, 5.74) is 6.07. The second-order valence-corrected chi connectivity index (χ2v) is 4.75. The van der Waals surface area contributed by atoms with E-state index in [1.54, 1.807) is 0 Å². The van der Waals surface area contributed by atoms with Gasteiger partial charge >= 0.3 is 0 Å². The molecule has 1 aliphatic heterocycles. The number of hydrogen-bond donors (Lipinski definition) is 3. The van der Waals surface area contributed by atoms with Crippen LogP contribution in [0, 0.1) is 0 Å². The molecule has 1 aromatic carbocycles. The summed E-state index contributed by atoms with van der Waals surface area (Å²) in [6.07, 6.45) is 2.57. The fourth-order valence-corrected chi connectivity index (χ4v) is 2.17. The third-order valence-electron chi connectivity index (χ3n) is 3.15. The van der Waals surface area contributed by atoms with Crippen molar-refractivity contribution in [2.24, 2.45) is 5.73 Å². The van der Waals surface area contributed by atoms with Crippen molar-refractivity contribution in [2.75, 3.05) is 25.0 Å². The van der Waals surface area contributed by atoms with Crippen LogP contribution in [-0.4, -0.2) is 31.6 Å². The van der Waals surface area contributed by atoms with Crippen molar-refractivity contribution < 1.29 is 9.53 Å². The van der Waals surface area contributed by atoms with Crippen LogP contribution in [0.4, 0.5) is 5.69 Å². The third kappa shape index (κ3) is 4.44. The minimum Gasteiger partial charge on any atom is -0.491 e. The lowest BCUT2D eigenvalue weighted by Crippen LogP contribution is -2.38. The van der Waals surface area contributed by atoms with Crippen molar-refractivity contribution in [3.63, 3.8) is 0 Å². The van der Waals surface area contributed by atoms with Gasteiger partial charge in [-0.05, 0) is 31.5 Å². The molecule has 0 aliphatic carbocycles. The number of nitrogens with two attached hydrogens (primary N) is 1. The first-order valence-corrected chi connectivity index (χ1v) is 6.73. The minimum absolute atomic E-state index is 0.235. The molecule has 1 unspecified atom stereocenters. The number of carbonyl (C=O) groups excluding carboxylic acids is 1. The van der Waals surface area contributed by atoms with Crippen LogP contribution in [0.3, 0.4) is 0 Å². The first-order valence-electron chi connectivity index (χ1n) is 6.73. The third-order valence-corrected chi connectivity index (χ3v) is 3.15. The van der Waals surface area contributed by atoms with E-state index in [4.69, 9.17) is 10.5 Å². The molecule has 1 fully saturated rings. The van der Waals surface area contributed by atoms with Gasteiger partial charge < -0.3 is 21.1 Å². The van der Waals surface area contributed by atoms with Crippen LogP contribution in [0.1, 0.15) is 19.3 Å². The molecule has 5 nitrogen and oxygen atoms in total. The van der Waals surface area contributed by atoms with Gasteiger partial charge in [0.1, 0.15) is 5.75 Å². The Morgan fingerprint density at radius 2 is 2.32 bits per heavy atom.